The number of hydrogen-bond acceptors (Lipinski definition) is 0. The second-order valence-electron chi connectivity index (χ2n) is 9.51. The molecule has 0 saturated carbocycles. The Bertz CT molecular complexity index is 376. The summed E-state index contributed by atoms with van der Waals surface area (Å²) in [5, 5.41) is 13.1. The Morgan fingerprint density at radius 2 is 0.694 bits per heavy atom. The van der Waals surface area contributed by atoms with Crippen molar-refractivity contribution in [1.29, 1.82) is 0 Å². The number of nitrogens with zero attached hydrogens (tertiary/aromatic N) is 3. The topological polar surface area (TPSA) is 42.3 Å². The van der Waals surface area contributed by atoms with Gasteiger partial charge in [0.25, 0.3) is 0 Å². The Kier molecular flexibility index (Phi) is 51.9. The minimum atomic E-state index is -0.888. The van der Waals surface area contributed by atoms with Crippen LogP contribution in [0.15, 0.2) is 24.3 Å². The summed E-state index contributed by atoms with van der Waals surface area (Å²) in [6.07, 6.45) is 15.2. The number of hydrogen-bond donors (Lipinski definition) is 0. The van der Waals surface area contributed by atoms with Crippen LogP contribution in [-0.2, 0) is 26.2 Å². The number of unbranched alkanes of at least 4 members (excludes halogenated alkanes) is 6. The van der Waals surface area contributed by atoms with Crippen LogP contribution in [0.3, 0.4) is 0 Å². The van der Waals surface area contributed by atoms with E-state index < -0.39 is 14.3 Å². The van der Waals surface area contributed by atoms with Crippen LogP contribution in [0.4, 0.5) is 0 Å². The predicted molar refractivity (Wildman–Crippen MR) is 169 cm³/mol. The van der Waals surface area contributed by atoms with Crippen LogP contribution in [0.25, 0.3) is 16.0 Å². The van der Waals surface area contributed by atoms with Crippen molar-refractivity contribution in [2.45, 2.75) is 130 Å². The van der Waals surface area contributed by atoms with Crippen LogP contribution in [-0.4, -0.2) is 53.6 Å². The molecule has 1 rings (SSSR count). The van der Waals surface area contributed by atoms with Crippen LogP contribution in [0.5, 0.6) is 0 Å². The Hall–Kier alpha value is 0.656. The fourth-order valence-electron chi connectivity index (χ4n) is 2.73. The van der Waals surface area contributed by atoms with Gasteiger partial charge in [0.1, 0.15) is 0 Å². The van der Waals surface area contributed by atoms with Gasteiger partial charge in [0.15, 0.2) is 0 Å². The molecule has 1 aromatic carbocycles. The van der Waals surface area contributed by atoms with Crippen molar-refractivity contribution in [3.63, 3.8) is 0 Å². The molecule has 3 nitrogen and oxygen atoms in total. The molecule has 0 amide bonds. The molecule has 0 bridgehead atoms. The average Bonchev–Trinajstić information content (AvgIpc) is 3.41. The molecule has 212 valence electrons. The van der Waals surface area contributed by atoms with E-state index in [1.807, 2.05) is 0 Å². The molecule has 5 heteroatoms. The first-order valence-electron chi connectivity index (χ1n) is 15.2. The summed E-state index contributed by atoms with van der Waals surface area (Å²) < 4.78 is 1.62. The molecule has 0 aliphatic rings. The van der Waals surface area contributed by atoms with Gasteiger partial charge >= 0.3 is 80.7 Å². The summed E-state index contributed by atoms with van der Waals surface area (Å²) in [5.74, 6) is 4.78. The van der Waals surface area contributed by atoms with Crippen LogP contribution in [0, 0.1) is 0 Å². The summed E-state index contributed by atoms with van der Waals surface area (Å²) in [4.78, 5) is 0. The van der Waals surface area contributed by atoms with Crippen molar-refractivity contribution in [3.05, 3.63) is 40.2 Å². The van der Waals surface area contributed by atoms with Gasteiger partial charge < -0.3 is 16.0 Å². The van der Waals surface area contributed by atoms with E-state index in [0.29, 0.717) is 0 Å². The maximum absolute atomic E-state index is 4.35. The van der Waals surface area contributed by atoms with Gasteiger partial charge in [-0.05, 0) is 0 Å². The van der Waals surface area contributed by atoms with Crippen LogP contribution in [0.2, 0.25) is 11.5 Å². The molecule has 0 spiro atoms. The third kappa shape index (κ3) is 44.6. The second-order valence-corrected chi connectivity index (χ2v) is 15.8. The molecule has 0 atom stereocenters. The van der Waals surface area contributed by atoms with Crippen molar-refractivity contribution in [1.82, 2.24) is 0 Å². The standard InChI is InChI=1S/3C8H18N.C7H11Ge.Zr/c3*1-3-5-7-9-8-6-4-2;1-8(2)7-5-3-4-6-7;/h3*3-8H2,1-2H3;3-6,8H,1-2H3;/q4*-1;+4. The summed E-state index contributed by atoms with van der Waals surface area (Å²) >= 11 is -0.888. The average molecular weight is 644 g/mol. The van der Waals surface area contributed by atoms with E-state index in [1.54, 1.807) is 4.40 Å². The maximum atomic E-state index is 4.35. The molecule has 0 saturated heterocycles. The zero-order valence-corrected chi connectivity index (χ0v) is 30.8. The summed E-state index contributed by atoms with van der Waals surface area (Å²) in [7, 11) is 0. The molecule has 0 aliphatic carbocycles. The zero-order valence-electron chi connectivity index (χ0n) is 26.0. The smallest absolute Gasteiger partial charge is 4.00 e. The molecular weight excluding hydrogens is 578 g/mol. The van der Waals surface area contributed by atoms with Crippen molar-refractivity contribution in [2.24, 2.45) is 0 Å². The minimum Gasteiger partial charge on any atom is 4.00 e. The van der Waals surface area contributed by atoms with E-state index in [2.05, 4.69) is 93.3 Å². The largest absolute Gasteiger partial charge is 4.00 e. The Morgan fingerprint density at radius 1 is 0.472 bits per heavy atom. The first-order chi connectivity index (χ1) is 17.0. The molecule has 0 heterocycles. The zero-order chi connectivity index (χ0) is 26.8. The van der Waals surface area contributed by atoms with E-state index in [4.69, 9.17) is 0 Å². The molecule has 36 heavy (non-hydrogen) atoms. The molecule has 0 N–H and O–H groups in total. The van der Waals surface area contributed by atoms with Gasteiger partial charge in [-0.25, -0.2) is 0 Å². The molecule has 0 fully saturated rings. The summed E-state index contributed by atoms with van der Waals surface area (Å²) in [6.45, 7) is 19.7. The Morgan fingerprint density at radius 3 is 0.833 bits per heavy atom. The molecule has 0 unspecified atom stereocenters. The maximum Gasteiger partial charge on any atom is 4.00 e. The Balaban J connectivity index is -0.000000188. The molecule has 0 aliphatic heterocycles. The van der Waals surface area contributed by atoms with Crippen molar-refractivity contribution in [3.8, 4) is 0 Å². The van der Waals surface area contributed by atoms with Crippen molar-refractivity contribution in [2.75, 3.05) is 39.3 Å². The van der Waals surface area contributed by atoms with Crippen molar-refractivity contribution < 1.29 is 26.2 Å². The fourth-order valence-corrected chi connectivity index (χ4v) is 4.81. The molecule has 0 aromatic heterocycles. The first-order valence-corrected chi connectivity index (χ1v) is 21.2. The third-order valence-corrected chi connectivity index (χ3v) is 8.98. The van der Waals surface area contributed by atoms with E-state index in [9.17, 15) is 0 Å². The third-order valence-electron chi connectivity index (χ3n) is 5.37. The van der Waals surface area contributed by atoms with Gasteiger partial charge in [-0.1, -0.05) is 119 Å². The van der Waals surface area contributed by atoms with Crippen LogP contribution < -0.4 is 4.40 Å². The Labute approximate surface area is 253 Å². The first kappa shape index (κ1) is 43.7. The van der Waals surface area contributed by atoms with Gasteiger partial charge in [-0.2, -0.15) is 0 Å². The van der Waals surface area contributed by atoms with Gasteiger partial charge in [0, 0.05) is 0 Å². The summed E-state index contributed by atoms with van der Waals surface area (Å²) in [6, 6.07) is 8.73. The monoisotopic (exact) mass is 643 g/mol. The molecule has 1 aromatic rings. The van der Waals surface area contributed by atoms with E-state index in [-0.39, 0.29) is 26.2 Å². The van der Waals surface area contributed by atoms with Gasteiger partial charge in [0.05, 0.1) is 0 Å². The van der Waals surface area contributed by atoms with Crippen molar-refractivity contribution >= 4 is 18.7 Å². The van der Waals surface area contributed by atoms with Crippen LogP contribution >= 0.6 is 0 Å². The SMILES string of the molecule is CCCC[N-]CCCC.CCCC[N-]CCCC.CCCC[N-]CCCC.[CH3][GeH]([CH3])[c-]1cccc1.[Zr+4]. The van der Waals surface area contributed by atoms with Gasteiger partial charge in [0.2, 0.25) is 0 Å². The summed E-state index contributed by atoms with van der Waals surface area (Å²) in [5.41, 5.74) is 0. The van der Waals surface area contributed by atoms with Gasteiger partial charge in [-0.3, -0.25) is 0 Å². The number of rotatable bonds is 19. The van der Waals surface area contributed by atoms with E-state index >= 15 is 0 Å². The normalized spacial score (nSPS) is 9.81. The predicted octanol–water partition coefficient (Wildman–Crippen LogP) is 9.98. The van der Waals surface area contributed by atoms with Crippen LogP contribution in [0.1, 0.15) is 119 Å². The van der Waals surface area contributed by atoms with Gasteiger partial charge in [-0.15, -0.1) is 39.3 Å². The quantitative estimate of drug-likeness (QED) is 0.0818. The molecular formula is C31H65GeN3Zr. The molecule has 0 radical (unpaired) electrons. The van der Waals surface area contributed by atoms with E-state index in [0.717, 1.165) is 39.3 Å². The fraction of sp³-hybridized carbons (Fsp3) is 0.839. The second kappa shape index (κ2) is 42.7. The van der Waals surface area contributed by atoms with E-state index in [1.165, 1.54) is 77.0 Å². The minimum absolute atomic E-state index is 0.